The minimum absolute atomic E-state index is 0.0408. The largest absolute Gasteiger partial charge is 0.479 e. The summed E-state index contributed by atoms with van der Waals surface area (Å²) in [4.78, 5) is 11.0. The topological polar surface area (TPSA) is 62.5 Å². The summed E-state index contributed by atoms with van der Waals surface area (Å²) in [6, 6.07) is 4.18. The third-order valence-electron chi connectivity index (χ3n) is 3.28. The Morgan fingerprint density at radius 1 is 1.37 bits per heavy atom. The summed E-state index contributed by atoms with van der Waals surface area (Å²) in [6.07, 6.45) is -1.60. The van der Waals surface area contributed by atoms with Crippen LogP contribution in [-0.4, -0.2) is 20.7 Å². The van der Waals surface area contributed by atoms with Gasteiger partial charge >= 0.3 is 5.97 Å². The van der Waals surface area contributed by atoms with Gasteiger partial charge in [0.1, 0.15) is 5.82 Å². The summed E-state index contributed by atoms with van der Waals surface area (Å²) in [6.45, 7) is 5.59. The first-order chi connectivity index (χ1) is 8.84. The van der Waals surface area contributed by atoms with E-state index in [0.29, 0.717) is 22.2 Å². The molecule has 1 aromatic carbocycles. The molecule has 2 rings (SSSR count). The average Bonchev–Trinajstić information content (AvgIpc) is 2.59. The lowest BCUT2D eigenvalue weighted by atomic mass is 10.1. The van der Waals surface area contributed by atoms with E-state index in [-0.39, 0.29) is 11.9 Å². The number of carboxylic acid groups (broad SMARTS) is 1. The van der Waals surface area contributed by atoms with Crippen molar-refractivity contribution in [3.05, 3.63) is 35.3 Å². The quantitative estimate of drug-likeness (QED) is 0.897. The van der Waals surface area contributed by atoms with E-state index in [1.54, 1.807) is 6.92 Å². The van der Waals surface area contributed by atoms with Crippen molar-refractivity contribution in [1.82, 2.24) is 4.57 Å². The van der Waals surface area contributed by atoms with Crippen LogP contribution in [0.4, 0.5) is 4.39 Å². The predicted octanol–water partition coefficient (Wildman–Crippen LogP) is 2.79. The molecule has 0 aliphatic carbocycles. The standard InChI is InChI=1S/C14H16FNO3/c1-7(2)16-8(3)12(13(17)14(18)19)10-5-4-9(15)6-11(10)16/h4-7,13,17H,1-3H3,(H,18,19). The van der Waals surface area contributed by atoms with E-state index < -0.39 is 12.1 Å². The first-order valence-corrected chi connectivity index (χ1v) is 6.05. The molecule has 2 N–H and O–H groups in total. The van der Waals surface area contributed by atoms with E-state index in [2.05, 4.69) is 0 Å². The van der Waals surface area contributed by atoms with Crippen LogP contribution in [0, 0.1) is 12.7 Å². The number of aliphatic hydroxyl groups excluding tert-OH is 1. The van der Waals surface area contributed by atoms with Crippen molar-refractivity contribution in [3.8, 4) is 0 Å². The summed E-state index contributed by atoms with van der Waals surface area (Å²) in [5, 5.41) is 19.4. The van der Waals surface area contributed by atoms with Gasteiger partial charge in [-0.3, -0.25) is 0 Å². The van der Waals surface area contributed by atoms with E-state index in [4.69, 9.17) is 5.11 Å². The number of fused-ring (bicyclic) bond motifs is 1. The lowest BCUT2D eigenvalue weighted by molar-refractivity contribution is -0.146. The van der Waals surface area contributed by atoms with Gasteiger partial charge in [0.2, 0.25) is 0 Å². The third kappa shape index (κ3) is 2.10. The minimum atomic E-state index is -1.60. The van der Waals surface area contributed by atoms with E-state index in [1.807, 2.05) is 18.4 Å². The van der Waals surface area contributed by atoms with Crippen LogP contribution in [0.15, 0.2) is 18.2 Å². The predicted molar refractivity (Wildman–Crippen MR) is 69.6 cm³/mol. The second kappa shape index (κ2) is 4.66. The van der Waals surface area contributed by atoms with Crippen molar-refractivity contribution >= 4 is 16.9 Å². The zero-order valence-electron chi connectivity index (χ0n) is 11.0. The Hall–Kier alpha value is -1.88. The van der Waals surface area contributed by atoms with E-state index in [9.17, 15) is 14.3 Å². The molecule has 1 heterocycles. The monoisotopic (exact) mass is 265 g/mol. The highest BCUT2D eigenvalue weighted by Crippen LogP contribution is 2.33. The summed E-state index contributed by atoms with van der Waals surface area (Å²) >= 11 is 0. The number of nitrogens with zero attached hydrogens (tertiary/aromatic N) is 1. The summed E-state index contributed by atoms with van der Waals surface area (Å²) in [5.41, 5.74) is 1.57. The molecule has 19 heavy (non-hydrogen) atoms. The van der Waals surface area contributed by atoms with Crippen molar-refractivity contribution in [2.75, 3.05) is 0 Å². The Morgan fingerprint density at radius 2 is 2.00 bits per heavy atom. The van der Waals surface area contributed by atoms with Crippen LogP contribution in [0.25, 0.3) is 10.9 Å². The van der Waals surface area contributed by atoms with Gasteiger partial charge in [0, 0.05) is 22.7 Å². The molecule has 0 radical (unpaired) electrons. The molecular weight excluding hydrogens is 249 g/mol. The second-order valence-electron chi connectivity index (χ2n) is 4.87. The normalized spacial score (nSPS) is 13.2. The molecule has 0 saturated heterocycles. The molecule has 0 bridgehead atoms. The lowest BCUT2D eigenvalue weighted by Gasteiger charge is -2.13. The number of aliphatic carboxylic acids is 1. The Balaban J connectivity index is 2.85. The van der Waals surface area contributed by atoms with Crippen molar-refractivity contribution in [2.45, 2.75) is 32.9 Å². The van der Waals surface area contributed by atoms with Crippen molar-refractivity contribution in [1.29, 1.82) is 0 Å². The van der Waals surface area contributed by atoms with E-state index >= 15 is 0 Å². The maximum absolute atomic E-state index is 13.4. The number of halogens is 1. The number of carbonyl (C=O) groups is 1. The Bertz CT molecular complexity index is 646. The number of hydrogen-bond acceptors (Lipinski definition) is 2. The number of aliphatic hydroxyl groups is 1. The Kier molecular flexibility index (Phi) is 3.32. The fraction of sp³-hybridized carbons (Fsp3) is 0.357. The minimum Gasteiger partial charge on any atom is -0.479 e. The molecule has 1 aromatic heterocycles. The third-order valence-corrected chi connectivity index (χ3v) is 3.28. The van der Waals surface area contributed by atoms with Gasteiger partial charge in [0.15, 0.2) is 6.10 Å². The van der Waals surface area contributed by atoms with Crippen LogP contribution in [0.1, 0.15) is 37.3 Å². The molecule has 1 unspecified atom stereocenters. The van der Waals surface area contributed by atoms with Gasteiger partial charge < -0.3 is 14.8 Å². The fourth-order valence-corrected chi connectivity index (χ4v) is 2.57. The fourth-order valence-electron chi connectivity index (χ4n) is 2.57. The molecule has 0 fully saturated rings. The van der Waals surface area contributed by atoms with E-state index in [0.717, 1.165) is 0 Å². The summed E-state index contributed by atoms with van der Waals surface area (Å²) in [5.74, 6) is -1.70. The maximum Gasteiger partial charge on any atom is 0.337 e. The zero-order valence-corrected chi connectivity index (χ0v) is 11.0. The van der Waals surface area contributed by atoms with Crippen molar-refractivity contribution in [3.63, 3.8) is 0 Å². The molecule has 0 spiro atoms. The molecule has 0 amide bonds. The van der Waals surface area contributed by atoms with Crippen LogP contribution in [0.5, 0.6) is 0 Å². The Morgan fingerprint density at radius 3 is 2.53 bits per heavy atom. The highest BCUT2D eigenvalue weighted by atomic mass is 19.1. The van der Waals surface area contributed by atoms with Gasteiger partial charge in [0.05, 0.1) is 5.52 Å². The summed E-state index contributed by atoms with van der Waals surface area (Å²) in [7, 11) is 0. The molecule has 2 aromatic rings. The van der Waals surface area contributed by atoms with Crippen molar-refractivity contribution in [2.24, 2.45) is 0 Å². The number of aromatic nitrogens is 1. The van der Waals surface area contributed by atoms with Crippen LogP contribution in [0.3, 0.4) is 0 Å². The number of benzene rings is 1. The van der Waals surface area contributed by atoms with Gasteiger partial charge in [-0.15, -0.1) is 0 Å². The van der Waals surface area contributed by atoms with Gasteiger partial charge in [-0.2, -0.15) is 0 Å². The van der Waals surface area contributed by atoms with Crippen LogP contribution in [-0.2, 0) is 4.79 Å². The molecular formula is C14H16FNO3. The van der Waals surface area contributed by atoms with Gasteiger partial charge in [-0.1, -0.05) is 0 Å². The molecule has 1 atom stereocenters. The smallest absolute Gasteiger partial charge is 0.337 e. The van der Waals surface area contributed by atoms with Crippen LogP contribution >= 0.6 is 0 Å². The van der Waals surface area contributed by atoms with Crippen LogP contribution < -0.4 is 0 Å². The molecule has 102 valence electrons. The van der Waals surface area contributed by atoms with Crippen molar-refractivity contribution < 1.29 is 19.4 Å². The molecule has 5 heteroatoms. The number of carboxylic acids is 1. The molecule has 4 nitrogen and oxygen atoms in total. The number of hydrogen-bond donors (Lipinski definition) is 2. The Labute approximate surface area is 110 Å². The van der Waals surface area contributed by atoms with E-state index in [1.165, 1.54) is 18.2 Å². The van der Waals surface area contributed by atoms with Gasteiger partial charge in [-0.05, 0) is 39.0 Å². The second-order valence-corrected chi connectivity index (χ2v) is 4.87. The first-order valence-electron chi connectivity index (χ1n) is 6.05. The molecule has 0 aliphatic heterocycles. The maximum atomic E-state index is 13.4. The van der Waals surface area contributed by atoms with Gasteiger partial charge in [-0.25, -0.2) is 9.18 Å². The first kappa shape index (κ1) is 13.5. The highest BCUT2D eigenvalue weighted by Gasteiger charge is 2.26. The molecule has 0 saturated carbocycles. The number of rotatable bonds is 3. The van der Waals surface area contributed by atoms with Gasteiger partial charge in [0.25, 0.3) is 0 Å². The molecule has 0 aliphatic rings. The van der Waals surface area contributed by atoms with Crippen LogP contribution in [0.2, 0.25) is 0 Å². The highest BCUT2D eigenvalue weighted by molar-refractivity contribution is 5.90. The lowest BCUT2D eigenvalue weighted by Crippen LogP contribution is -2.12. The SMILES string of the molecule is Cc1c(C(O)C(=O)O)c2ccc(F)cc2n1C(C)C. The zero-order chi connectivity index (χ0) is 14.3. The summed E-state index contributed by atoms with van der Waals surface area (Å²) < 4.78 is 15.2. The average molecular weight is 265 g/mol.